The third-order valence-corrected chi connectivity index (χ3v) is 5.07. The van der Waals surface area contributed by atoms with Gasteiger partial charge in [0.2, 0.25) is 5.89 Å². The predicted octanol–water partition coefficient (Wildman–Crippen LogP) is 3.49. The molecule has 0 unspecified atom stereocenters. The Morgan fingerprint density at radius 2 is 2.00 bits per heavy atom. The molecular formula is C16H25NO4S. The summed E-state index contributed by atoms with van der Waals surface area (Å²) < 4.78 is 32.5. The van der Waals surface area contributed by atoms with Crippen LogP contribution in [0.15, 0.2) is 11.0 Å². The smallest absolute Gasteiger partial charge is 0.264 e. The van der Waals surface area contributed by atoms with Crippen LogP contribution >= 0.6 is 0 Å². The van der Waals surface area contributed by atoms with Crippen LogP contribution in [0.4, 0.5) is 0 Å². The molecular weight excluding hydrogens is 302 g/mol. The molecule has 5 nitrogen and oxygen atoms in total. The Kier molecular flexibility index (Phi) is 5.12. The monoisotopic (exact) mass is 327 g/mol. The van der Waals surface area contributed by atoms with Gasteiger partial charge in [0, 0.05) is 12.0 Å². The van der Waals surface area contributed by atoms with E-state index in [-0.39, 0.29) is 12.0 Å². The Bertz CT molecular complexity index is 639. The standard InChI is InChI=1S/C16H25NO4S/c1-12(16(3)9-6-5-7-10-16)15-17-14(13(2)21-15)8-11-20-22(4,18)19/h1,5-11H2,2-4H3. The molecule has 0 aromatic carbocycles. The van der Waals surface area contributed by atoms with Gasteiger partial charge in [-0.25, -0.2) is 4.98 Å². The highest BCUT2D eigenvalue weighted by atomic mass is 32.2. The normalized spacial score (nSPS) is 18.3. The second-order valence-electron chi connectivity index (χ2n) is 6.40. The Morgan fingerprint density at radius 3 is 2.59 bits per heavy atom. The maximum atomic E-state index is 11.0. The summed E-state index contributed by atoms with van der Waals surface area (Å²) in [7, 11) is -3.42. The zero-order valence-corrected chi connectivity index (χ0v) is 14.5. The van der Waals surface area contributed by atoms with Crippen molar-refractivity contribution in [3.05, 3.63) is 23.9 Å². The third kappa shape index (κ3) is 4.20. The van der Waals surface area contributed by atoms with Crippen LogP contribution in [0.5, 0.6) is 0 Å². The van der Waals surface area contributed by atoms with Crippen LogP contribution in [-0.4, -0.2) is 26.3 Å². The van der Waals surface area contributed by atoms with Gasteiger partial charge in [-0.15, -0.1) is 0 Å². The second-order valence-corrected chi connectivity index (χ2v) is 8.04. The van der Waals surface area contributed by atoms with E-state index in [0.717, 1.165) is 30.4 Å². The van der Waals surface area contributed by atoms with Crippen molar-refractivity contribution in [2.24, 2.45) is 5.41 Å². The van der Waals surface area contributed by atoms with E-state index in [1.54, 1.807) is 0 Å². The molecule has 1 aromatic heterocycles. The lowest BCUT2D eigenvalue weighted by molar-refractivity contribution is 0.293. The van der Waals surface area contributed by atoms with E-state index in [2.05, 4.69) is 18.5 Å². The number of oxazole rings is 1. The Labute approximate surface area is 132 Å². The highest BCUT2D eigenvalue weighted by molar-refractivity contribution is 7.85. The number of aromatic nitrogens is 1. The van der Waals surface area contributed by atoms with Crippen molar-refractivity contribution in [2.45, 2.75) is 52.4 Å². The van der Waals surface area contributed by atoms with Crippen molar-refractivity contribution in [2.75, 3.05) is 12.9 Å². The van der Waals surface area contributed by atoms with Gasteiger partial charge in [-0.1, -0.05) is 32.8 Å². The highest BCUT2D eigenvalue weighted by Gasteiger charge is 2.33. The van der Waals surface area contributed by atoms with E-state index >= 15 is 0 Å². The summed E-state index contributed by atoms with van der Waals surface area (Å²) in [6.07, 6.45) is 7.38. The minimum atomic E-state index is -3.42. The van der Waals surface area contributed by atoms with Crippen molar-refractivity contribution in [1.29, 1.82) is 0 Å². The molecule has 1 saturated carbocycles. The van der Waals surface area contributed by atoms with E-state index in [0.29, 0.717) is 18.1 Å². The first-order valence-corrected chi connectivity index (χ1v) is 9.53. The van der Waals surface area contributed by atoms with Crippen LogP contribution in [-0.2, 0) is 20.7 Å². The van der Waals surface area contributed by atoms with Gasteiger partial charge in [-0.3, -0.25) is 4.18 Å². The van der Waals surface area contributed by atoms with Gasteiger partial charge in [-0.05, 0) is 25.2 Å². The number of hydrogen-bond acceptors (Lipinski definition) is 5. The van der Waals surface area contributed by atoms with Crippen LogP contribution in [0, 0.1) is 12.3 Å². The number of allylic oxidation sites excluding steroid dienone is 1. The third-order valence-electron chi connectivity index (χ3n) is 4.47. The SMILES string of the molecule is C=C(c1nc(CCOS(C)(=O)=O)c(C)o1)C1(C)CCCCC1. The first-order valence-electron chi connectivity index (χ1n) is 7.72. The average molecular weight is 327 g/mol. The summed E-state index contributed by atoms with van der Waals surface area (Å²) in [5, 5.41) is 0. The van der Waals surface area contributed by atoms with E-state index in [9.17, 15) is 8.42 Å². The number of aryl methyl sites for hydroxylation is 1. The highest BCUT2D eigenvalue weighted by Crippen LogP contribution is 2.45. The van der Waals surface area contributed by atoms with Crippen LogP contribution in [0.25, 0.3) is 5.57 Å². The molecule has 1 aromatic rings. The van der Waals surface area contributed by atoms with Crippen LogP contribution < -0.4 is 0 Å². The maximum absolute atomic E-state index is 11.0. The molecule has 1 heterocycles. The minimum absolute atomic E-state index is 0.0517. The summed E-state index contributed by atoms with van der Waals surface area (Å²) in [4.78, 5) is 4.51. The lowest BCUT2D eigenvalue weighted by atomic mass is 9.71. The van der Waals surface area contributed by atoms with Gasteiger partial charge in [0.1, 0.15) is 5.76 Å². The van der Waals surface area contributed by atoms with E-state index in [1.807, 2.05) is 6.92 Å². The lowest BCUT2D eigenvalue weighted by Gasteiger charge is -2.34. The van der Waals surface area contributed by atoms with Gasteiger partial charge >= 0.3 is 0 Å². The van der Waals surface area contributed by atoms with Crippen LogP contribution in [0.3, 0.4) is 0 Å². The minimum Gasteiger partial charge on any atom is -0.441 e. The average Bonchev–Trinajstić information content (AvgIpc) is 2.79. The molecule has 0 bridgehead atoms. The van der Waals surface area contributed by atoms with E-state index < -0.39 is 10.1 Å². The summed E-state index contributed by atoms with van der Waals surface area (Å²) in [6.45, 7) is 8.35. The molecule has 2 rings (SSSR count). The molecule has 22 heavy (non-hydrogen) atoms. The molecule has 1 aliphatic rings. The lowest BCUT2D eigenvalue weighted by Crippen LogP contribution is -2.21. The van der Waals surface area contributed by atoms with Gasteiger partial charge in [0.15, 0.2) is 0 Å². The molecule has 6 heteroatoms. The summed E-state index contributed by atoms with van der Waals surface area (Å²) in [6, 6.07) is 0. The van der Waals surface area contributed by atoms with Crippen molar-refractivity contribution < 1.29 is 17.0 Å². The maximum Gasteiger partial charge on any atom is 0.264 e. The zero-order valence-electron chi connectivity index (χ0n) is 13.6. The van der Waals surface area contributed by atoms with Crippen molar-refractivity contribution >= 4 is 15.7 Å². The molecule has 1 fully saturated rings. The molecule has 0 radical (unpaired) electrons. The molecule has 0 spiro atoms. The quantitative estimate of drug-likeness (QED) is 0.748. The Balaban J connectivity index is 2.07. The molecule has 0 atom stereocenters. The summed E-state index contributed by atoms with van der Waals surface area (Å²) >= 11 is 0. The second kappa shape index (κ2) is 6.54. The fourth-order valence-corrected chi connectivity index (χ4v) is 3.36. The van der Waals surface area contributed by atoms with Gasteiger partial charge in [0.05, 0.1) is 18.6 Å². The molecule has 124 valence electrons. The summed E-state index contributed by atoms with van der Waals surface area (Å²) in [5.74, 6) is 1.28. The number of nitrogens with zero attached hydrogens (tertiary/aromatic N) is 1. The first kappa shape index (κ1) is 17.2. The van der Waals surface area contributed by atoms with Crippen molar-refractivity contribution in [3.8, 4) is 0 Å². The molecule has 0 N–H and O–H groups in total. The molecule has 0 saturated heterocycles. The van der Waals surface area contributed by atoms with E-state index in [4.69, 9.17) is 8.60 Å². The largest absolute Gasteiger partial charge is 0.441 e. The predicted molar refractivity (Wildman–Crippen MR) is 86.0 cm³/mol. The van der Waals surface area contributed by atoms with Crippen LogP contribution in [0.1, 0.15) is 56.4 Å². The Morgan fingerprint density at radius 1 is 1.36 bits per heavy atom. The molecule has 0 amide bonds. The Hall–Kier alpha value is -1.14. The van der Waals surface area contributed by atoms with Gasteiger partial charge < -0.3 is 4.42 Å². The van der Waals surface area contributed by atoms with Gasteiger partial charge in [-0.2, -0.15) is 8.42 Å². The number of hydrogen-bond donors (Lipinski definition) is 0. The molecule has 0 aliphatic heterocycles. The van der Waals surface area contributed by atoms with Gasteiger partial charge in [0.25, 0.3) is 10.1 Å². The number of rotatable bonds is 6. The fourth-order valence-electron chi connectivity index (χ4n) is 2.97. The summed E-state index contributed by atoms with van der Waals surface area (Å²) in [5.41, 5.74) is 1.74. The zero-order chi connectivity index (χ0) is 16.4. The van der Waals surface area contributed by atoms with Crippen molar-refractivity contribution in [3.63, 3.8) is 0 Å². The fraction of sp³-hybridized carbons (Fsp3) is 0.688. The van der Waals surface area contributed by atoms with Crippen LogP contribution in [0.2, 0.25) is 0 Å². The van der Waals surface area contributed by atoms with E-state index in [1.165, 1.54) is 19.3 Å². The molecule has 1 aliphatic carbocycles. The van der Waals surface area contributed by atoms with Crippen molar-refractivity contribution in [1.82, 2.24) is 4.98 Å². The topological polar surface area (TPSA) is 69.4 Å². The first-order chi connectivity index (χ1) is 10.2.